The van der Waals surface area contributed by atoms with Crippen molar-refractivity contribution in [3.8, 4) is 11.1 Å². The van der Waals surface area contributed by atoms with Crippen LogP contribution in [0.3, 0.4) is 0 Å². The summed E-state index contributed by atoms with van der Waals surface area (Å²) in [6.45, 7) is 0. The van der Waals surface area contributed by atoms with Gasteiger partial charge in [0, 0.05) is 11.6 Å². The summed E-state index contributed by atoms with van der Waals surface area (Å²) in [5.41, 5.74) is 0.335. The van der Waals surface area contributed by atoms with Gasteiger partial charge < -0.3 is 0 Å². The number of nitro groups is 1. The third kappa shape index (κ3) is 3.79. The van der Waals surface area contributed by atoms with Crippen LogP contribution in [0.15, 0.2) is 71.6 Å². The second kappa shape index (κ2) is 7.51. The topological polar surface area (TPSA) is 120 Å². The third-order valence-corrected chi connectivity index (χ3v) is 5.44. The third-order valence-electron chi connectivity index (χ3n) is 4.05. The quantitative estimate of drug-likeness (QED) is 0.385. The van der Waals surface area contributed by atoms with Gasteiger partial charge >= 0.3 is 0 Å². The second-order valence-corrected chi connectivity index (χ2v) is 7.78. The molecule has 142 valence electrons. The van der Waals surface area contributed by atoms with Crippen LogP contribution in [-0.4, -0.2) is 19.1 Å². The fourth-order valence-electron chi connectivity index (χ4n) is 2.80. The van der Waals surface area contributed by atoms with Crippen LogP contribution in [0.5, 0.6) is 0 Å². The Morgan fingerprint density at radius 1 is 1.00 bits per heavy atom. The molecule has 0 bridgehead atoms. The number of halogens is 1. The molecule has 0 aliphatic carbocycles. The SMILES string of the molecule is NS(=O)(=O)c1cc(C(=O)c2c(-c3ccccc3)cccc2[N+](=O)[O-])ccc1Cl. The lowest BCUT2D eigenvalue weighted by Gasteiger charge is -2.11. The largest absolute Gasteiger partial charge is 0.288 e. The summed E-state index contributed by atoms with van der Waals surface area (Å²) in [5, 5.41) is 16.5. The smallest absolute Gasteiger partial charge is 0.281 e. The standard InChI is InChI=1S/C19H13ClN2O5S/c20-15-10-9-13(11-17(15)28(21,26)27)19(23)18-14(12-5-2-1-3-6-12)7-4-8-16(18)22(24)25/h1-11H,(H2,21,26,27). The average molecular weight is 417 g/mol. The molecule has 0 fully saturated rings. The molecule has 0 saturated carbocycles. The van der Waals surface area contributed by atoms with Crippen LogP contribution >= 0.6 is 11.6 Å². The van der Waals surface area contributed by atoms with Crippen molar-refractivity contribution >= 4 is 33.1 Å². The fraction of sp³-hybridized carbons (Fsp3) is 0. The minimum absolute atomic E-state index is 0.0834. The van der Waals surface area contributed by atoms with E-state index in [0.717, 1.165) is 6.07 Å². The van der Waals surface area contributed by atoms with E-state index in [1.165, 1.54) is 24.3 Å². The van der Waals surface area contributed by atoms with E-state index in [-0.39, 0.29) is 16.1 Å². The van der Waals surface area contributed by atoms with E-state index in [0.29, 0.717) is 11.1 Å². The van der Waals surface area contributed by atoms with Gasteiger partial charge in [0.25, 0.3) is 5.69 Å². The minimum atomic E-state index is -4.18. The summed E-state index contributed by atoms with van der Waals surface area (Å²) < 4.78 is 23.4. The summed E-state index contributed by atoms with van der Waals surface area (Å²) in [6, 6.07) is 16.5. The Morgan fingerprint density at radius 2 is 1.68 bits per heavy atom. The molecule has 0 atom stereocenters. The van der Waals surface area contributed by atoms with Crippen molar-refractivity contribution in [3.05, 3.63) is 93.0 Å². The lowest BCUT2D eigenvalue weighted by Crippen LogP contribution is -2.14. The maximum atomic E-state index is 13.2. The number of sulfonamides is 1. The first kappa shape index (κ1) is 19.7. The zero-order chi connectivity index (χ0) is 20.5. The molecule has 2 N–H and O–H groups in total. The Kier molecular flexibility index (Phi) is 5.28. The minimum Gasteiger partial charge on any atom is -0.288 e. The first-order valence-corrected chi connectivity index (χ1v) is 9.82. The molecule has 0 unspecified atom stereocenters. The van der Waals surface area contributed by atoms with Gasteiger partial charge in [-0.1, -0.05) is 54.1 Å². The van der Waals surface area contributed by atoms with Crippen molar-refractivity contribution < 1.29 is 18.1 Å². The molecule has 9 heteroatoms. The van der Waals surface area contributed by atoms with Crippen LogP contribution in [-0.2, 0) is 10.0 Å². The average Bonchev–Trinajstić information content (AvgIpc) is 2.67. The number of hydrogen-bond donors (Lipinski definition) is 1. The van der Waals surface area contributed by atoms with Gasteiger partial charge in [-0.2, -0.15) is 0 Å². The van der Waals surface area contributed by atoms with Gasteiger partial charge in [0.1, 0.15) is 10.5 Å². The molecule has 28 heavy (non-hydrogen) atoms. The van der Waals surface area contributed by atoms with Crippen molar-refractivity contribution in [2.75, 3.05) is 0 Å². The van der Waals surface area contributed by atoms with E-state index in [2.05, 4.69) is 0 Å². The molecule has 3 rings (SSSR count). The highest BCUT2D eigenvalue weighted by atomic mass is 35.5. The van der Waals surface area contributed by atoms with Gasteiger partial charge in [0.2, 0.25) is 15.8 Å². The number of primary sulfonamides is 1. The number of nitro benzene ring substituents is 1. The Hall–Kier alpha value is -3.07. The number of carbonyl (C=O) groups is 1. The number of hydrogen-bond acceptors (Lipinski definition) is 5. The van der Waals surface area contributed by atoms with Crippen LogP contribution < -0.4 is 5.14 Å². The monoisotopic (exact) mass is 416 g/mol. The van der Waals surface area contributed by atoms with Crippen molar-refractivity contribution in [2.24, 2.45) is 5.14 Å². The molecule has 0 aromatic heterocycles. The molecule has 0 amide bonds. The highest BCUT2D eigenvalue weighted by molar-refractivity contribution is 7.89. The Bertz CT molecular complexity index is 1190. The van der Waals surface area contributed by atoms with Crippen LogP contribution in [0.25, 0.3) is 11.1 Å². The molecule has 0 heterocycles. The number of nitrogens with two attached hydrogens (primary N) is 1. The predicted octanol–water partition coefficient (Wildman–Crippen LogP) is 3.79. The first-order valence-electron chi connectivity index (χ1n) is 7.90. The Balaban J connectivity index is 2.26. The van der Waals surface area contributed by atoms with Gasteiger partial charge in [-0.15, -0.1) is 0 Å². The van der Waals surface area contributed by atoms with Gasteiger partial charge in [0.05, 0.1) is 9.95 Å². The molecule has 0 aliphatic rings. The summed E-state index contributed by atoms with van der Waals surface area (Å²) in [7, 11) is -4.18. The van der Waals surface area contributed by atoms with E-state index in [1.807, 2.05) is 0 Å². The first-order chi connectivity index (χ1) is 13.2. The van der Waals surface area contributed by atoms with E-state index < -0.39 is 31.3 Å². The van der Waals surface area contributed by atoms with E-state index in [1.54, 1.807) is 36.4 Å². The van der Waals surface area contributed by atoms with Crippen molar-refractivity contribution in [1.29, 1.82) is 0 Å². The highest BCUT2D eigenvalue weighted by Crippen LogP contribution is 2.33. The molecule has 0 radical (unpaired) electrons. The predicted molar refractivity (Wildman–Crippen MR) is 105 cm³/mol. The summed E-state index contributed by atoms with van der Waals surface area (Å²) in [6.07, 6.45) is 0. The van der Waals surface area contributed by atoms with Gasteiger partial charge in [-0.25, -0.2) is 13.6 Å². The van der Waals surface area contributed by atoms with E-state index in [4.69, 9.17) is 16.7 Å². The van der Waals surface area contributed by atoms with Crippen LogP contribution in [0.1, 0.15) is 15.9 Å². The molecule has 0 spiro atoms. The van der Waals surface area contributed by atoms with Crippen LogP contribution in [0, 0.1) is 10.1 Å². The normalized spacial score (nSPS) is 11.2. The van der Waals surface area contributed by atoms with Crippen molar-refractivity contribution in [3.63, 3.8) is 0 Å². The van der Waals surface area contributed by atoms with Crippen molar-refractivity contribution in [1.82, 2.24) is 0 Å². The maximum absolute atomic E-state index is 13.2. The maximum Gasteiger partial charge on any atom is 0.281 e. The molecule has 0 saturated heterocycles. The number of ketones is 1. The van der Waals surface area contributed by atoms with E-state index in [9.17, 15) is 23.3 Å². The zero-order valence-electron chi connectivity index (χ0n) is 14.2. The molecular formula is C19H13ClN2O5S. The Labute approximate surface area is 165 Å². The second-order valence-electron chi connectivity index (χ2n) is 5.84. The Morgan fingerprint density at radius 3 is 2.29 bits per heavy atom. The zero-order valence-corrected chi connectivity index (χ0v) is 15.8. The molecule has 3 aromatic carbocycles. The lowest BCUT2D eigenvalue weighted by atomic mass is 9.92. The van der Waals surface area contributed by atoms with E-state index >= 15 is 0 Å². The van der Waals surface area contributed by atoms with Gasteiger partial charge in [-0.3, -0.25) is 14.9 Å². The molecule has 7 nitrogen and oxygen atoms in total. The van der Waals surface area contributed by atoms with Gasteiger partial charge in [-0.05, 0) is 29.3 Å². The van der Waals surface area contributed by atoms with Gasteiger partial charge in [0.15, 0.2) is 0 Å². The number of rotatable bonds is 5. The summed E-state index contributed by atoms with van der Waals surface area (Å²) in [5.74, 6) is -0.715. The molecule has 3 aromatic rings. The molecule has 0 aliphatic heterocycles. The van der Waals surface area contributed by atoms with Crippen LogP contribution in [0.4, 0.5) is 5.69 Å². The number of benzene rings is 3. The number of carbonyl (C=O) groups excluding carboxylic acids is 1. The number of nitrogens with zero attached hydrogens (tertiary/aromatic N) is 1. The lowest BCUT2D eigenvalue weighted by molar-refractivity contribution is -0.385. The van der Waals surface area contributed by atoms with Crippen molar-refractivity contribution in [2.45, 2.75) is 4.90 Å². The summed E-state index contributed by atoms with van der Waals surface area (Å²) in [4.78, 5) is 23.6. The molecular weight excluding hydrogens is 404 g/mol. The highest BCUT2D eigenvalue weighted by Gasteiger charge is 2.27. The fourth-order valence-corrected chi connectivity index (χ4v) is 3.87. The van der Waals surface area contributed by atoms with Crippen LogP contribution in [0.2, 0.25) is 5.02 Å². The summed E-state index contributed by atoms with van der Waals surface area (Å²) >= 11 is 5.86.